The summed E-state index contributed by atoms with van der Waals surface area (Å²) in [5.74, 6) is -0.124. The second-order valence-electron chi connectivity index (χ2n) is 5.02. The Morgan fingerprint density at radius 1 is 1.30 bits per heavy atom. The molecule has 0 aliphatic carbocycles. The highest BCUT2D eigenvalue weighted by molar-refractivity contribution is 5.91. The molecule has 0 spiro atoms. The van der Waals surface area contributed by atoms with Crippen molar-refractivity contribution in [2.24, 2.45) is 0 Å². The quantitative estimate of drug-likeness (QED) is 0.804. The van der Waals surface area contributed by atoms with Gasteiger partial charge in [-0.2, -0.15) is 0 Å². The van der Waals surface area contributed by atoms with Crippen LogP contribution in [0, 0.1) is 0 Å². The Morgan fingerprint density at radius 3 is 2.65 bits per heavy atom. The number of hydrogen-bond acceptors (Lipinski definition) is 4. The van der Waals surface area contributed by atoms with Gasteiger partial charge in [-0.05, 0) is 24.1 Å². The summed E-state index contributed by atoms with van der Waals surface area (Å²) in [4.78, 5) is 13.9. The molecule has 1 saturated heterocycles. The van der Waals surface area contributed by atoms with Gasteiger partial charge in [0.15, 0.2) is 0 Å². The first-order chi connectivity index (χ1) is 9.78. The van der Waals surface area contributed by atoms with Gasteiger partial charge in [0.2, 0.25) is 5.91 Å². The maximum absolute atomic E-state index is 11.4. The first-order valence-electron chi connectivity index (χ1n) is 7.09. The van der Waals surface area contributed by atoms with Crippen LogP contribution in [-0.2, 0) is 16.0 Å². The van der Waals surface area contributed by atoms with Crippen LogP contribution in [-0.4, -0.2) is 57.2 Å². The third kappa shape index (κ3) is 4.92. The molecule has 1 aromatic rings. The molecule has 1 aliphatic rings. The number of methoxy groups -OCH3 is 1. The minimum Gasteiger partial charge on any atom is -0.375 e. The standard InChI is InChI=1S/C15H23N3O2/c1-20-12-15(19)17-14-4-2-13(3-5-14)6-9-18-10-7-16-8-11-18/h2-5,16H,6-12H2,1H3,(H,17,19). The van der Waals surface area contributed by atoms with Gasteiger partial charge in [-0.25, -0.2) is 0 Å². The molecule has 110 valence electrons. The molecule has 2 rings (SSSR count). The fourth-order valence-corrected chi connectivity index (χ4v) is 2.30. The highest BCUT2D eigenvalue weighted by Crippen LogP contribution is 2.10. The number of nitrogens with one attached hydrogen (secondary N) is 2. The van der Waals surface area contributed by atoms with E-state index in [1.54, 1.807) is 0 Å². The summed E-state index contributed by atoms with van der Waals surface area (Å²) in [7, 11) is 1.51. The first-order valence-corrected chi connectivity index (χ1v) is 7.09. The Kier molecular flexibility index (Phi) is 5.98. The summed E-state index contributed by atoms with van der Waals surface area (Å²) in [5.41, 5.74) is 2.12. The molecule has 1 amide bonds. The van der Waals surface area contributed by atoms with Crippen molar-refractivity contribution in [3.63, 3.8) is 0 Å². The molecule has 0 unspecified atom stereocenters. The van der Waals surface area contributed by atoms with Crippen molar-refractivity contribution in [3.05, 3.63) is 29.8 Å². The monoisotopic (exact) mass is 277 g/mol. The maximum Gasteiger partial charge on any atom is 0.250 e. The van der Waals surface area contributed by atoms with Crippen LogP contribution < -0.4 is 10.6 Å². The van der Waals surface area contributed by atoms with Crippen LogP contribution in [0.15, 0.2) is 24.3 Å². The zero-order valence-electron chi connectivity index (χ0n) is 12.0. The fourth-order valence-electron chi connectivity index (χ4n) is 2.30. The van der Waals surface area contributed by atoms with Crippen molar-refractivity contribution in [3.8, 4) is 0 Å². The number of nitrogens with zero attached hydrogens (tertiary/aromatic N) is 1. The van der Waals surface area contributed by atoms with Gasteiger partial charge in [0.1, 0.15) is 6.61 Å². The lowest BCUT2D eigenvalue weighted by atomic mass is 10.1. The van der Waals surface area contributed by atoms with Crippen LogP contribution in [0.5, 0.6) is 0 Å². The number of carbonyl (C=O) groups excluding carboxylic acids is 1. The summed E-state index contributed by atoms with van der Waals surface area (Å²) < 4.78 is 4.78. The largest absolute Gasteiger partial charge is 0.375 e. The number of carbonyl (C=O) groups is 1. The lowest BCUT2D eigenvalue weighted by Crippen LogP contribution is -2.44. The highest BCUT2D eigenvalue weighted by Gasteiger charge is 2.09. The van der Waals surface area contributed by atoms with Crippen molar-refractivity contribution >= 4 is 11.6 Å². The van der Waals surface area contributed by atoms with Gasteiger partial charge in [0.05, 0.1) is 0 Å². The third-order valence-corrected chi connectivity index (χ3v) is 3.44. The fraction of sp³-hybridized carbons (Fsp3) is 0.533. The number of hydrogen-bond donors (Lipinski definition) is 2. The van der Waals surface area contributed by atoms with Gasteiger partial charge in [0, 0.05) is 45.5 Å². The molecular weight excluding hydrogens is 254 g/mol. The molecule has 0 radical (unpaired) electrons. The van der Waals surface area contributed by atoms with E-state index in [0.29, 0.717) is 0 Å². The SMILES string of the molecule is COCC(=O)Nc1ccc(CCN2CCNCC2)cc1. The Labute approximate surface area is 120 Å². The van der Waals surface area contributed by atoms with Gasteiger partial charge in [-0.1, -0.05) is 12.1 Å². The summed E-state index contributed by atoms with van der Waals surface area (Å²) in [6.45, 7) is 5.62. The van der Waals surface area contributed by atoms with E-state index in [2.05, 4.69) is 27.7 Å². The Bertz CT molecular complexity index is 414. The predicted molar refractivity (Wildman–Crippen MR) is 80.0 cm³/mol. The van der Waals surface area contributed by atoms with Crippen LogP contribution >= 0.6 is 0 Å². The molecule has 1 aliphatic heterocycles. The summed E-state index contributed by atoms with van der Waals surface area (Å²) in [6, 6.07) is 8.04. The van der Waals surface area contributed by atoms with E-state index >= 15 is 0 Å². The average molecular weight is 277 g/mol. The summed E-state index contributed by atoms with van der Waals surface area (Å²) in [6.07, 6.45) is 1.05. The number of amides is 1. The summed E-state index contributed by atoms with van der Waals surface area (Å²) >= 11 is 0. The minimum atomic E-state index is -0.124. The molecule has 1 aromatic carbocycles. The molecule has 5 heteroatoms. The molecule has 2 N–H and O–H groups in total. The maximum atomic E-state index is 11.4. The number of rotatable bonds is 6. The second-order valence-corrected chi connectivity index (χ2v) is 5.02. The molecule has 20 heavy (non-hydrogen) atoms. The molecule has 5 nitrogen and oxygen atoms in total. The van der Waals surface area contributed by atoms with Crippen LogP contribution in [0.3, 0.4) is 0 Å². The molecule has 0 bridgehead atoms. The van der Waals surface area contributed by atoms with Crippen molar-refractivity contribution in [2.75, 3.05) is 51.8 Å². The van der Waals surface area contributed by atoms with E-state index < -0.39 is 0 Å². The molecule has 0 atom stereocenters. The lowest BCUT2D eigenvalue weighted by molar-refractivity contribution is -0.119. The second kappa shape index (κ2) is 7.99. The van der Waals surface area contributed by atoms with Crippen LogP contribution in [0.25, 0.3) is 0 Å². The van der Waals surface area contributed by atoms with Gasteiger partial charge >= 0.3 is 0 Å². The Morgan fingerprint density at radius 2 is 2.00 bits per heavy atom. The van der Waals surface area contributed by atoms with Crippen molar-refractivity contribution in [1.82, 2.24) is 10.2 Å². The zero-order chi connectivity index (χ0) is 14.2. The minimum absolute atomic E-state index is 0.0880. The van der Waals surface area contributed by atoms with E-state index in [-0.39, 0.29) is 12.5 Å². The van der Waals surface area contributed by atoms with Crippen molar-refractivity contribution in [2.45, 2.75) is 6.42 Å². The van der Waals surface area contributed by atoms with E-state index in [0.717, 1.165) is 44.8 Å². The van der Waals surface area contributed by atoms with Gasteiger partial charge in [-0.15, -0.1) is 0 Å². The van der Waals surface area contributed by atoms with Crippen LogP contribution in [0.4, 0.5) is 5.69 Å². The Balaban J connectivity index is 1.77. The van der Waals surface area contributed by atoms with E-state index in [4.69, 9.17) is 4.74 Å². The summed E-state index contributed by atoms with van der Waals surface area (Å²) in [5, 5.41) is 6.15. The highest BCUT2D eigenvalue weighted by atomic mass is 16.5. The Hall–Kier alpha value is -1.43. The number of benzene rings is 1. The van der Waals surface area contributed by atoms with Crippen molar-refractivity contribution < 1.29 is 9.53 Å². The van der Waals surface area contributed by atoms with Gasteiger partial charge in [-0.3, -0.25) is 4.79 Å². The molecule has 1 fully saturated rings. The van der Waals surface area contributed by atoms with Crippen molar-refractivity contribution in [1.29, 1.82) is 0 Å². The normalized spacial score (nSPS) is 16.1. The molecule has 0 saturated carbocycles. The van der Waals surface area contributed by atoms with E-state index in [1.807, 2.05) is 12.1 Å². The van der Waals surface area contributed by atoms with Gasteiger partial charge < -0.3 is 20.3 Å². The number of piperazine rings is 1. The topological polar surface area (TPSA) is 53.6 Å². The molecular formula is C15H23N3O2. The number of anilines is 1. The lowest BCUT2D eigenvalue weighted by Gasteiger charge is -2.27. The predicted octanol–water partition coefficient (Wildman–Crippen LogP) is 0.719. The third-order valence-electron chi connectivity index (χ3n) is 3.44. The smallest absolute Gasteiger partial charge is 0.250 e. The van der Waals surface area contributed by atoms with Crippen LogP contribution in [0.1, 0.15) is 5.56 Å². The van der Waals surface area contributed by atoms with Crippen LogP contribution in [0.2, 0.25) is 0 Å². The van der Waals surface area contributed by atoms with E-state index in [9.17, 15) is 4.79 Å². The zero-order valence-corrected chi connectivity index (χ0v) is 12.0. The van der Waals surface area contributed by atoms with Gasteiger partial charge in [0.25, 0.3) is 0 Å². The first kappa shape index (κ1) is 15.0. The molecule has 1 heterocycles. The average Bonchev–Trinajstić information content (AvgIpc) is 2.48. The molecule has 0 aromatic heterocycles. The van der Waals surface area contributed by atoms with E-state index in [1.165, 1.54) is 12.7 Å². The number of ether oxygens (including phenoxy) is 1.